The molecule has 3 nitrogen and oxygen atoms in total. The highest BCUT2D eigenvalue weighted by Crippen LogP contribution is 2.17. The smallest absolute Gasteiger partial charge is 0.0718 e. The van der Waals surface area contributed by atoms with Crippen molar-refractivity contribution in [2.24, 2.45) is 5.41 Å². The molecule has 0 bridgehead atoms. The minimum atomic E-state index is -0.605. The molecule has 0 aromatic rings. The molecular weight excluding hydrogens is 188 g/mol. The highest BCUT2D eigenvalue weighted by atomic mass is 16.3. The van der Waals surface area contributed by atoms with E-state index in [1.54, 1.807) is 0 Å². The van der Waals surface area contributed by atoms with Crippen LogP contribution >= 0.6 is 0 Å². The number of hydrogen-bond acceptors (Lipinski definition) is 3. The van der Waals surface area contributed by atoms with Gasteiger partial charge < -0.3 is 15.3 Å². The molecule has 0 amide bonds. The zero-order chi connectivity index (χ0) is 12.1. The molecule has 0 spiro atoms. The Morgan fingerprint density at radius 1 is 1.13 bits per heavy atom. The Balaban J connectivity index is 4.20. The van der Waals surface area contributed by atoms with Crippen LogP contribution in [-0.4, -0.2) is 48.8 Å². The van der Waals surface area contributed by atoms with Crippen LogP contribution in [0.5, 0.6) is 0 Å². The fraction of sp³-hybridized carbons (Fsp3) is 1.00. The van der Waals surface area contributed by atoms with Crippen LogP contribution in [0.4, 0.5) is 0 Å². The fourth-order valence-electron chi connectivity index (χ4n) is 1.97. The summed E-state index contributed by atoms with van der Waals surface area (Å²) in [5, 5.41) is 13.0. The molecule has 92 valence electrons. The van der Waals surface area contributed by atoms with Crippen LogP contribution in [-0.2, 0) is 0 Å². The number of aliphatic hydroxyl groups is 1. The summed E-state index contributed by atoms with van der Waals surface area (Å²) in [4.78, 5) is 2.30. The highest BCUT2D eigenvalue weighted by molar-refractivity contribution is 4.79. The Kier molecular flexibility index (Phi) is 5.78. The Bertz CT molecular complexity index is 173. The maximum atomic E-state index is 9.79. The summed E-state index contributed by atoms with van der Waals surface area (Å²) < 4.78 is 0. The lowest BCUT2D eigenvalue weighted by atomic mass is 9.92. The molecule has 0 aliphatic heterocycles. The van der Waals surface area contributed by atoms with E-state index in [2.05, 4.69) is 31.0 Å². The van der Waals surface area contributed by atoms with Crippen LogP contribution in [0.3, 0.4) is 0 Å². The minimum Gasteiger partial charge on any atom is -0.389 e. The maximum absolute atomic E-state index is 9.79. The Morgan fingerprint density at radius 2 is 1.67 bits per heavy atom. The van der Waals surface area contributed by atoms with E-state index in [4.69, 9.17) is 0 Å². The standard InChI is InChI=1S/C12H28N2O/c1-7-14(10-12(4,5)15)9-11(2,3)8-13-6/h13,15H,7-10H2,1-6H3. The van der Waals surface area contributed by atoms with E-state index < -0.39 is 5.60 Å². The predicted molar refractivity (Wildman–Crippen MR) is 66.1 cm³/mol. The Labute approximate surface area is 94.9 Å². The molecule has 0 aromatic carbocycles. The first-order valence-corrected chi connectivity index (χ1v) is 5.79. The molecule has 0 heterocycles. The largest absolute Gasteiger partial charge is 0.389 e. The van der Waals surface area contributed by atoms with Gasteiger partial charge in [-0.2, -0.15) is 0 Å². The highest BCUT2D eigenvalue weighted by Gasteiger charge is 2.24. The summed E-state index contributed by atoms with van der Waals surface area (Å²) in [6.07, 6.45) is 0. The summed E-state index contributed by atoms with van der Waals surface area (Å²) >= 11 is 0. The number of nitrogens with one attached hydrogen (secondary N) is 1. The molecule has 3 heteroatoms. The topological polar surface area (TPSA) is 35.5 Å². The third-order valence-corrected chi connectivity index (χ3v) is 2.36. The summed E-state index contributed by atoms with van der Waals surface area (Å²) in [6, 6.07) is 0. The van der Waals surface area contributed by atoms with Gasteiger partial charge in [0.15, 0.2) is 0 Å². The molecule has 0 unspecified atom stereocenters. The molecule has 0 saturated carbocycles. The van der Waals surface area contributed by atoms with Crippen LogP contribution in [0, 0.1) is 5.41 Å². The first kappa shape index (κ1) is 14.9. The van der Waals surface area contributed by atoms with Crippen molar-refractivity contribution in [2.75, 3.05) is 33.2 Å². The SMILES string of the molecule is CCN(CC(C)(C)O)CC(C)(C)CNC. The molecule has 0 fully saturated rings. The fourth-order valence-corrected chi connectivity index (χ4v) is 1.97. The van der Waals surface area contributed by atoms with Crippen LogP contribution < -0.4 is 5.32 Å². The van der Waals surface area contributed by atoms with E-state index in [0.29, 0.717) is 0 Å². The molecule has 0 radical (unpaired) electrons. The first-order chi connectivity index (χ1) is 6.70. The summed E-state index contributed by atoms with van der Waals surface area (Å²) in [5.41, 5.74) is -0.359. The molecule has 2 N–H and O–H groups in total. The van der Waals surface area contributed by atoms with Crippen LogP contribution in [0.1, 0.15) is 34.6 Å². The van der Waals surface area contributed by atoms with Gasteiger partial charge in [-0.1, -0.05) is 20.8 Å². The van der Waals surface area contributed by atoms with Gasteiger partial charge in [-0.15, -0.1) is 0 Å². The molecular formula is C12H28N2O. The molecule has 0 atom stereocenters. The summed E-state index contributed by atoms with van der Waals surface area (Å²) in [6.45, 7) is 14.1. The van der Waals surface area contributed by atoms with Crippen molar-refractivity contribution in [2.45, 2.75) is 40.2 Å². The van der Waals surface area contributed by atoms with Gasteiger partial charge in [0.1, 0.15) is 0 Å². The van der Waals surface area contributed by atoms with Crippen LogP contribution in [0.2, 0.25) is 0 Å². The second kappa shape index (κ2) is 5.83. The maximum Gasteiger partial charge on any atom is 0.0718 e. The normalized spacial score (nSPS) is 13.6. The number of likely N-dealkylation sites (N-methyl/N-ethyl adjacent to an activating group) is 1. The van der Waals surface area contributed by atoms with Crippen LogP contribution in [0.15, 0.2) is 0 Å². The van der Waals surface area contributed by atoms with Gasteiger partial charge in [-0.25, -0.2) is 0 Å². The molecule has 15 heavy (non-hydrogen) atoms. The zero-order valence-corrected chi connectivity index (χ0v) is 11.2. The van der Waals surface area contributed by atoms with E-state index >= 15 is 0 Å². The predicted octanol–water partition coefficient (Wildman–Crippen LogP) is 1.32. The lowest BCUT2D eigenvalue weighted by Crippen LogP contribution is -2.45. The van der Waals surface area contributed by atoms with Crippen molar-refractivity contribution in [3.05, 3.63) is 0 Å². The first-order valence-electron chi connectivity index (χ1n) is 5.79. The van der Waals surface area contributed by atoms with Gasteiger partial charge in [-0.05, 0) is 32.9 Å². The van der Waals surface area contributed by atoms with Gasteiger partial charge in [0, 0.05) is 19.6 Å². The molecule has 0 aromatic heterocycles. The van der Waals surface area contributed by atoms with Gasteiger partial charge in [-0.3, -0.25) is 0 Å². The lowest BCUT2D eigenvalue weighted by Gasteiger charge is -2.35. The lowest BCUT2D eigenvalue weighted by molar-refractivity contribution is 0.0261. The number of hydrogen-bond donors (Lipinski definition) is 2. The zero-order valence-electron chi connectivity index (χ0n) is 11.2. The minimum absolute atomic E-state index is 0.246. The average Bonchev–Trinajstić information content (AvgIpc) is 1.99. The Morgan fingerprint density at radius 3 is 2.00 bits per heavy atom. The van der Waals surface area contributed by atoms with Gasteiger partial charge in [0.25, 0.3) is 0 Å². The second-order valence-electron chi connectivity index (χ2n) is 5.81. The molecule has 0 aliphatic carbocycles. The molecule has 0 aliphatic rings. The van der Waals surface area contributed by atoms with Crippen molar-refractivity contribution in [3.8, 4) is 0 Å². The van der Waals surface area contributed by atoms with E-state index in [9.17, 15) is 5.11 Å². The van der Waals surface area contributed by atoms with Crippen molar-refractivity contribution in [1.29, 1.82) is 0 Å². The van der Waals surface area contributed by atoms with E-state index in [-0.39, 0.29) is 5.41 Å². The number of nitrogens with zero attached hydrogens (tertiary/aromatic N) is 1. The second-order valence-corrected chi connectivity index (χ2v) is 5.81. The van der Waals surface area contributed by atoms with E-state index in [1.165, 1.54) is 0 Å². The van der Waals surface area contributed by atoms with Gasteiger partial charge in [0.05, 0.1) is 5.60 Å². The van der Waals surface area contributed by atoms with Crippen molar-refractivity contribution < 1.29 is 5.11 Å². The summed E-state index contributed by atoms with van der Waals surface area (Å²) in [5.74, 6) is 0. The Hall–Kier alpha value is -0.120. The molecule has 0 rings (SSSR count). The third-order valence-electron chi connectivity index (χ3n) is 2.36. The average molecular weight is 216 g/mol. The van der Waals surface area contributed by atoms with Crippen molar-refractivity contribution in [3.63, 3.8) is 0 Å². The number of rotatable bonds is 7. The van der Waals surface area contributed by atoms with Crippen molar-refractivity contribution >= 4 is 0 Å². The van der Waals surface area contributed by atoms with E-state index in [0.717, 1.165) is 26.2 Å². The monoisotopic (exact) mass is 216 g/mol. The van der Waals surface area contributed by atoms with E-state index in [1.807, 2.05) is 20.9 Å². The summed E-state index contributed by atoms with van der Waals surface area (Å²) in [7, 11) is 1.98. The third kappa shape index (κ3) is 7.77. The van der Waals surface area contributed by atoms with Crippen molar-refractivity contribution in [1.82, 2.24) is 10.2 Å². The van der Waals surface area contributed by atoms with Gasteiger partial charge in [0.2, 0.25) is 0 Å². The van der Waals surface area contributed by atoms with Gasteiger partial charge >= 0.3 is 0 Å². The quantitative estimate of drug-likeness (QED) is 0.674. The molecule has 0 saturated heterocycles. The van der Waals surface area contributed by atoms with Crippen LogP contribution in [0.25, 0.3) is 0 Å².